The second kappa shape index (κ2) is 5.64. The number of Topliss-reactive ketones (excluding diaryl/α,β-unsaturated/α-hetero) is 1. The van der Waals surface area contributed by atoms with E-state index in [-0.39, 0.29) is 34.2 Å². The van der Waals surface area contributed by atoms with Crippen molar-refractivity contribution in [2.75, 3.05) is 4.90 Å². The zero-order chi connectivity index (χ0) is 18.8. The van der Waals surface area contributed by atoms with E-state index in [2.05, 4.69) is 0 Å². The van der Waals surface area contributed by atoms with Crippen molar-refractivity contribution in [1.82, 2.24) is 0 Å². The van der Waals surface area contributed by atoms with Crippen LogP contribution in [0, 0.1) is 5.82 Å². The van der Waals surface area contributed by atoms with Gasteiger partial charge in [0.05, 0.1) is 17.0 Å². The number of nitrogens with zero attached hydrogens (tertiary/aromatic N) is 1. The summed E-state index contributed by atoms with van der Waals surface area (Å²) >= 11 is 6.07. The minimum Gasteiger partial charge on any atom is -0.484 e. The van der Waals surface area contributed by atoms with Crippen LogP contribution in [-0.2, 0) is 9.59 Å². The number of benzene rings is 1. The summed E-state index contributed by atoms with van der Waals surface area (Å²) in [5, 5.41) is -0.0847. The Morgan fingerprint density at radius 1 is 1.12 bits per heavy atom. The zero-order valence-corrected chi connectivity index (χ0v) is 15.2. The first-order chi connectivity index (χ1) is 12.2. The number of carbonyl (C=O) groups excluding carboxylic acids is 3. The molecule has 5 nitrogen and oxygen atoms in total. The van der Waals surface area contributed by atoms with Crippen molar-refractivity contribution in [3.63, 3.8) is 0 Å². The van der Waals surface area contributed by atoms with E-state index in [9.17, 15) is 18.8 Å². The Kier molecular flexibility index (Phi) is 3.74. The van der Waals surface area contributed by atoms with Gasteiger partial charge in [0, 0.05) is 11.1 Å². The van der Waals surface area contributed by atoms with Crippen LogP contribution in [0.5, 0.6) is 5.75 Å². The highest BCUT2D eigenvalue weighted by molar-refractivity contribution is 6.36. The predicted molar refractivity (Wildman–Crippen MR) is 93.1 cm³/mol. The number of rotatable bonds is 1. The highest BCUT2D eigenvalue weighted by atomic mass is 35.5. The number of amides is 2. The Labute approximate surface area is 154 Å². The number of fused-ring (bicyclic) bond motifs is 1. The maximum absolute atomic E-state index is 14.9. The molecule has 0 fully saturated rings. The van der Waals surface area contributed by atoms with Gasteiger partial charge in [0.25, 0.3) is 11.8 Å². The summed E-state index contributed by atoms with van der Waals surface area (Å²) in [6.07, 6.45) is 2.70. The van der Waals surface area contributed by atoms with Gasteiger partial charge in [0.2, 0.25) is 0 Å². The van der Waals surface area contributed by atoms with Crippen molar-refractivity contribution in [3.05, 3.63) is 33.6 Å². The topological polar surface area (TPSA) is 63.7 Å². The summed E-state index contributed by atoms with van der Waals surface area (Å²) in [6.45, 7) is 3.38. The average Bonchev–Trinajstić information content (AvgIpc) is 2.78. The van der Waals surface area contributed by atoms with Crippen LogP contribution in [0.4, 0.5) is 10.1 Å². The largest absolute Gasteiger partial charge is 0.484 e. The lowest BCUT2D eigenvalue weighted by molar-refractivity contribution is -0.120. The van der Waals surface area contributed by atoms with Crippen LogP contribution in [0.3, 0.4) is 0 Å². The van der Waals surface area contributed by atoms with E-state index in [1.807, 2.05) is 0 Å². The van der Waals surface area contributed by atoms with Crippen LogP contribution in [-0.4, -0.2) is 23.2 Å². The van der Waals surface area contributed by atoms with E-state index in [1.165, 1.54) is 0 Å². The molecule has 2 amide bonds. The molecular weight excluding hydrogens is 361 g/mol. The molecule has 0 aromatic heterocycles. The third-order valence-electron chi connectivity index (χ3n) is 5.02. The minimum absolute atomic E-state index is 0.0212. The molecule has 1 aromatic carbocycles. The van der Waals surface area contributed by atoms with E-state index in [0.717, 1.165) is 23.8 Å². The van der Waals surface area contributed by atoms with Gasteiger partial charge in [-0.05, 0) is 45.6 Å². The van der Waals surface area contributed by atoms with Gasteiger partial charge in [-0.15, -0.1) is 0 Å². The molecule has 0 saturated heterocycles. The molecule has 26 heavy (non-hydrogen) atoms. The fourth-order valence-electron chi connectivity index (χ4n) is 3.88. The number of imide groups is 1. The molecule has 2 heterocycles. The van der Waals surface area contributed by atoms with Crippen molar-refractivity contribution in [2.24, 2.45) is 0 Å². The minimum atomic E-state index is -0.894. The van der Waals surface area contributed by atoms with Crippen molar-refractivity contribution in [2.45, 2.75) is 51.6 Å². The van der Waals surface area contributed by atoms with Crippen LogP contribution in [0.25, 0.3) is 0 Å². The molecule has 0 atom stereocenters. The van der Waals surface area contributed by atoms with E-state index in [0.29, 0.717) is 24.0 Å². The van der Waals surface area contributed by atoms with Crippen molar-refractivity contribution >= 4 is 34.9 Å². The molecular formula is C19H17ClFNO4. The van der Waals surface area contributed by atoms with Gasteiger partial charge in [0.15, 0.2) is 17.3 Å². The quantitative estimate of drug-likeness (QED) is 0.695. The number of halogens is 2. The Hall–Kier alpha value is -2.21. The SMILES string of the molecule is CC1(C)CC(=O)c2c(Cl)cc(F)c(N3C(=O)C4=C(CCCC4)C3=O)c2O1. The first-order valence-electron chi connectivity index (χ1n) is 8.56. The highest BCUT2D eigenvalue weighted by Crippen LogP contribution is 2.48. The summed E-state index contributed by atoms with van der Waals surface area (Å²) in [4.78, 5) is 39.0. The van der Waals surface area contributed by atoms with Crippen molar-refractivity contribution < 1.29 is 23.5 Å². The summed E-state index contributed by atoms with van der Waals surface area (Å²) in [5.74, 6) is -2.36. The van der Waals surface area contributed by atoms with Crippen LogP contribution in [0.15, 0.2) is 17.2 Å². The van der Waals surface area contributed by atoms with E-state index in [1.54, 1.807) is 13.8 Å². The van der Waals surface area contributed by atoms with E-state index >= 15 is 0 Å². The monoisotopic (exact) mass is 377 g/mol. The Bertz CT molecular complexity index is 891. The number of hydrogen-bond acceptors (Lipinski definition) is 4. The van der Waals surface area contributed by atoms with Crippen LogP contribution in [0.1, 0.15) is 56.3 Å². The van der Waals surface area contributed by atoms with Crippen LogP contribution >= 0.6 is 11.6 Å². The fraction of sp³-hybridized carbons (Fsp3) is 0.421. The van der Waals surface area contributed by atoms with Crippen molar-refractivity contribution in [1.29, 1.82) is 0 Å². The summed E-state index contributed by atoms with van der Waals surface area (Å²) in [7, 11) is 0. The normalized spacial score (nSPS) is 21.7. The van der Waals surface area contributed by atoms with Gasteiger partial charge in [-0.2, -0.15) is 0 Å². The molecule has 1 aromatic rings. The molecule has 1 aliphatic carbocycles. The molecule has 3 aliphatic rings. The lowest BCUT2D eigenvalue weighted by atomic mass is 9.92. The van der Waals surface area contributed by atoms with Crippen LogP contribution < -0.4 is 9.64 Å². The lowest BCUT2D eigenvalue weighted by Gasteiger charge is -2.34. The Morgan fingerprint density at radius 2 is 1.69 bits per heavy atom. The van der Waals surface area contributed by atoms with Gasteiger partial charge in [-0.3, -0.25) is 14.4 Å². The van der Waals surface area contributed by atoms with Gasteiger partial charge in [-0.1, -0.05) is 11.6 Å². The third-order valence-corrected chi connectivity index (χ3v) is 5.32. The predicted octanol–water partition coefficient (Wildman–Crippen LogP) is 3.97. The van der Waals surface area contributed by atoms with Crippen LogP contribution in [0.2, 0.25) is 5.02 Å². The maximum atomic E-state index is 14.9. The molecule has 7 heteroatoms. The smallest absolute Gasteiger partial charge is 0.261 e. The standard InChI is InChI=1S/C19H17ClFNO4/c1-19(2)8-13(23)14-11(20)7-12(21)15(16(14)26-19)22-17(24)9-5-3-4-6-10(9)18(22)25/h7H,3-6,8H2,1-2H3. The Balaban J connectivity index is 1.91. The van der Waals surface area contributed by atoms with E-state index < -0.39 is 23.2 Å². The molecule has 0 bridgehead atoms. The summed E-state index contributed by atoms with van der Waals surface area (Å²) < 4.78 is 20.7. The van der Waals surface area contributed by atoms with E-state index in [4.69, 9.17) is 16.3 Å². The molecule has 4 rings (SSSR count). The number of ketones is 1. The molecule has 0 unspecified atom stereocenters. The molecule has 0 radical (unpaired) electrons. The zero-order valence-electron chi connectivity index (χ0n) is 14.4. The number of hydrogen-bond donors (Lipinski definition) is 0. The lowest BCUT2D eigenvalue weighted by Crippen LogP contribution is -2.39. The maximum Gasteiger partial charge on any atom is 0.261 e. The third kappa shape index (κ3) is 2.39. The molecule has 2 aliphatic heterocycles. The number of ether oxygens (including phenoxy) is 1. The average molecular weight is 378 g/mol. The molecule has 0 saturated carbocycles. The van der Waals surface area contributed by atoms with Crippen molar-refractivity contribution in [3.8, 4) is 5.75 Å². The first-order valence-corrected chi connectivity index (χ1v) is 8.94. The second-order valence-corrected chi connectivity index (χ2v) is 7.87. The molecule has 136 valence electrons. The molecule has 0 spiro atoms. The Morgan fingerprint density at radius 3 is 2.27 bits per heavy atom. The number of carbonyl (C=O) groups is 3. The van der Waals surface area contributed by atoms with Gasteiger partial charge in [-0.25, -0.2) is 9.29 Å². The van der Waals surface area contributed by atoms with Gasteiger partial charge in [0.1, 0.15) is 11.3 Å². The fourth-order valence-corrected chi connectivity index (χ4v) is 4.17. The number of anilines is 1. The summed E-state index contributed by atoms with van der Waals surface area (Å²) in [5.41, 5.74) is -0.311. The van der Waals surface area contributed by atoms with Gasteiger partial charge < -0.3 is 4.74 Å². The summed E-state index contributed by atoms with van der Waals surface area (Å²) in [6, 6.07) is 0.965. The highest BCUT2D eigenvalue weighted by Gasteiger charge is 2.45. The first kappa shape index (κ1) is 17.2. The second-order valence-electron chi connectivity index (χ2n) is 7.46. The van der Waals surface area contributed by atoms with Gasteiger partial charge >= 0.3 is 0 Å². The molecule has 0 N–H and O–H groups in total.